The van der Waals surface area contributed by atoms with E-state index in [1.165, 1.54) is 54.2 Å². The first-order valence-electron chi connectivity index (χ1n) is 37.4. The van der Waals surface area contributed by atoms with Gasteiger partial charge in [-0.3, -0.25) is 19.2 Å². The van der Waals surface area contributed by atoms with E-state index in [4.69, 9.17) is 28.4 Å². The zero-order valence-electron chi connectivity index (χ0n) is 60.2. The normalized spacial score (nSPS) is 23.7. The summed E-state index contributed by atoms with van der Waals surface area (Å²) >= 11 is 0. The molecule has 0 radical (unpaired) electrons. The predicted octanol–water partition coefficient (Wildman–Crippen LogP) is 20.6. The van der Waals surface area contributed by atoms with Crippen molar-refractivity contribution in [2.45, 2.75) is 168 Å². The lowest BCUT2D eigenvalue weighted by atomic mass is 9.64. The summed E-state index contributed by atoms with van der Waals surface area (Å²) in [5.41, 5.74) is 7.36. The second-order valence-corrected chi connectivity index (χ2v) is 29.9. The Labute approximate surface area is 591 Å². The minimum absolute atomic E-state index is 0.00408. The second kappa shape index (κ2) is 36.4. The Balaban J connectivity index is 0.000000165. The van der Waals surface area contributed by atoms with Crippen molar-refractivity contribution in [3.63, 3.8) is 0 Å². The fourth-order valence-electron chi connectivity index (χ4n) is 16.8. The molecule has 3 saturated carbocycles. The van der Waals surface area contributed by atoms with Gasteiger partial charge in [0.2, 0.25) is 13.6 Å². The van der Waals surface area contributed by atoms with Crippen LogP contribution in [0.15, 0.2) is 206 Å². The maximum Gasteiger partial charge on any atom is 0.312 e. The number of carbonyl (C=O) groups is 4. The lowest BCUT2D eigenvalue weighted by Crippen LogP contribution is -2.34. The molecule has 10 heteroatoms. The van der Waals surface area contributed by atoms with Crippen molar-refractivity contribution < 1.29 is 47.6 Å². The Hall–Kier alpha value is -7.98. The number of ether oxygens (including phenoxy) is 6. The summed E-state index contributed by atoms with van der Waals surface area (Å²) in [6, 6.07) is 59.3. The Morgan fingerprint density at radius 1 is 0.414 bits per heavy atom. The Morgan fingerprint density at radius 3 is 1.23 bits per heavy atom. The standard InChI is InChI=1S/C35H40O3.C32H40O5.C22H30O2/c1-3-25(2)20-31(27-10-6-4-7-11-27)23-33(28-12-8-5-9-13-28)29-16-18-32(19-17-29)37-24-38-35(36)34-22-26-14-15-30(34)21-26;1-5-22(2)19-32(20-23(3)30(33)35-4,26-9-7-6-8-10-26)27-13-15-28(16-14-27)36-21-37-31(34)29-18-24-11-12-25(29)17-24;1-3-16(2)13-19(18-7-5-4-6-8-18)11-12-24-22(23)21-15-17-9-10-20(21)14-17/h4-19,25-26,30-31,33-34H,3,20-24H2,1-2H3;6-16,22-25,29H,5,17-21H2,1-4H3;4-10,16-17,19-21H,3,11-15H2,1-2H3/t;;16?,17?,19?,20?,21-/m..1/s1. The van der Waals surface area contributed by atoms with E-state index in [2.05, 4.69) is 218 Å². The Bertz CT molecular complexity index is 3550. The maximum absolute atomic E-state index is 12.5. The van der Waals surface area contributed by atoms with Crippen LogP contribution in [-0.4, -0.2) is 51.2 Å². The highest BCUT2D eigenvalue weighted by Crippen LogP contribution is 2.48. The van der Waals surface area contributed by atoms with Crippen molar-refractivity contribution in [2.75, 3.05) is 27.3 Å². The van der Waals surface area contributed by atoms with Gasteiger partial charge in [0.15, 0.2) is 0 Å². The molecular formula is C89H110O10. The van der Waals surface area contributed by atoms with Crippen LogP contribution in [0.2, 0.25) is 0 Å². The van der Waals surface area contributed by atoms with E-state index >= 15 is 0 Å². The minimum atomic E-state index is -0.357. The smallest absolute Gasteiger partial charge is 0.312 e. The Morgan fingerprint density at radius 2 is 0.808 bits per heavy atom. The number of carbonyl (C=O) groups excluding carboxylic acids is 4. The number of allylic oxidation sites excluding steroid dienone is 6. The molecule has 99 heavy (non-hydrogen) atoms. The minimum Gasteiger partial charge on any atom is -0.469 e. The lowest BCUT2D eigenvalue weighted by molar-refractivity contribution is -0.157. The molecule has 6 aromatic rings. The van der Waals surface area contributed by atoms with E-state index in [9.17, 15) is 19.2 Å². The molecule has 6 aromatic carbocycles. The van der Waals surface area contributed by atoms with Gasteiger partial charge < -0.3 is 28.4 Å². The fraction of sp³-hybridized carbons (Fsp3) is 0.483. The van der Waals surface area contributed by atoms with Crippen molar-refractivity contribution >= 4 is 23.9 Å². The van der Waals surface area contributed by atoms with E-state index in [0.717, 1.165) is 81.9 Å². The van der Waals surface area contributed by atoms with Gasteiger partial charge >= 0.3 is 23.9 Å². The number of hydrogen-bond acceptors (Lipinski definition) is 10. The average Bonchev–Trinajstić information content (AvgIpc) is 1.77. The molecule has 12 rings (SSSR count). The first kappa shape index (κ1) is 73.7. The van der Waals surface area contributed by atoms with Crippen LogP contribution in [0.5, 0.6) is 11.5 Å². The molecule has 0 N–H and O–H groups in total. The Kier molecular flexibility index (Phi) is 27.1. The molecule has 6 aliphatic carbocycles. The zero-order chi connectivity index (χ0) is 69.7. The molecule has 16 unspecified atom stereocenters. The number of rotatable bonds is 32. The molecule has 17 atom stereocenters. The molecule has 526 valence electrons. The van der Waals surface area contributed by atoms with Gasteiger partial charge in [0.1, 0.15) is 11.5 Å². The number of fused-ring (bicyclic) bond motifs is 6. The van der Waals surface area contributed by atoms with Gasteiger partial charge in [0, 0.05) is 11.3 Å². The molecule has 0 amide bonds. The van der Waals surface area contributed by atoms with Crippen LogP contribution in [0, 0.1) is 76.9 Å². The molecule has 10 nitrogen and oxygen atoms in total. The largest absolute Gasteiger partial charge is 0.469 e. The van der Waals surface area contributed by atoms with Crippen molar-refractivity contribution in [3.8, 4) is 11.5 Å². The second-order valence-electron chi connectivity index (χ2n) is 29.9. The van der Waals surface area contributed by atoms with Crippen LogP contribution in [0.1, 0.15) is 196 Å². The molecular weight excluding hydrogens is 1230 g/mol. The lowest BCUT2D eigenvalue weighted by Gasteiger charge is -2.39. The maximum atomic E-state index is 12.5. The molecule has 0 saturated heterocycles. The molecule has 6 aliphatic rings. The van der Waals surface area contributed by atoms with Crippen LogP contribution in [0.3, 0.4) is 0 Å². The number of benzene rings is 6. The summed E-state index contributed by atoms with van der Waals surface area (Å²) in [7, 11) is 1.45. The van der Waals surface area contributed by atoms with E-state index in [-0.39, 0.29) is 72.5 Å². The topological polar surface area (TPSA) is 124 Å². The monoisotopic (exact) mass is 1340 g/mol. The summed E-state index contributed by atoms with van der Waals surface area (Å²) in [6.45, 7) is 16.0. The van der Waals surface area contributed by atoms with Gasteiger partial charge in [-0.1, -0.05) is 250 Å². The van der Waals surface area contributed by atoms with Gasteiger partial charge in [-0.2, -0.15) is 0 Å². The van der Waals surface area contributed by atoms with Crippen molar-refractivity contribution in [3.05, 3.63) is 240 Å². The van der Waals surface area contributed by atoms with E-state index in [1.54, 1.807) is 0 Å². The third kappa shape index (κ3) is 19.9. The van der Waals surface area contributed by atoms with Crippen LogP contribution in [0.4, 0.5) is 0 Å². The van der Waals surface area contributed by atoms with E-state index in [0.29, 0.717) is 83.9 Å². The summed E-state index contributed by atoms with van der Waals surface area (Å²) < 4.78 is 33.3. The molecule has 0 aliphatic heterocycles. The van der Waals surface area contributed by atoms with Crippen molar-refractivity contribution in [1.29, 1.82) is 0 Å². The van der Waals surface area contributed by atoms with Crippen molar-refractivity contribution in [2.24, 2.45) is 76.9 Å². The first-order valence-corrected chi connectivity index (χ1v) is 37.4. The first-order chi connectivity index (χ1) is 48.1. The SMILES string of the molecule is CCC(C)CC(CC(C)C(=O)OC)(c1ccccc1)c1ccc(OCOC(=O)C2CC3C=CC2C3)cc1.CCC(C)CC(CC(c1ccccc1)c1ccc(OCOC(=O)C2CC3C=CC2C3)cc1)c1ccccc1.CCC(C)CC(CCOC(=O)[C@@H]1CC2C=CC1C2)c1ccccc1. The summed E-state index contributed by atoms with van der Waals surface area (Å²) in [5.74, 6) is 6.60. The quantitative estimate of drug-likeness (QED) is 0.0175. The number of esters is 4. The molecule has 3 fully saturated rings. The van der Waals surface area contributed by atoms with E-state index < -0.39 is 0 Å². The van der Waals surface area contributed by atoms with E-state index in [1.807, 2.05) is 37.3 Å². The van der Waals surface area contributed by atoms with Gasteiger partial charge in [-0.05, 0) is 200 Å². The highest BCUT2D eigenvalue weighted by atomic mass is 16.7. The zero-order valence-corrected chi connectivity index (χ0v) is 60.2. The van der Waals surface area contributed by atoms with Crippen LogP contribution < -0.4 is 9.47 Å². The number of methoxy groups -OCH3 is 1. The van der Waals surface area contributed by atoms with Gasteiger partial charge in [0.25, 0.3) is 0 Å². The van der Waals surface area contributed by atoms with Crippen LogP contribution in [0.25, 0.3) is 0 Å². The summed E-state index contributed by atoms with van der Waals surface area (Å²) in [6.07, 6.45) is 28.7. The third-order valence-electron chi connectivity index (χ3n) is 23.0. The highest BCUT2D eigenvalue weighted by Gasteiger charge is 2.44. The predicted molar refractivity (Wildman–Crippen MR) is 395 cm³/mol. The number of hydrogen-bond donors (Lipinski definition) is 0. The average molecular weight is 1340 g/mol. The molecule has 0 heterocycles. The molecule has 6 bridgehead atoms. The fourth-order valence-corrected chi connectivity index (χ4v) is 16.8. The third-order valence-corrected chi connectivity index (χ3v) is 23.0. The van der Waals surface area contributed by atoms with Gasteiger partial charge in [0.05, 0.1) is 37.4 Å². The summed E-state index contributed by atoms with van der Waals surface area (Å²) in [4.78, 5) is 49.9. The highest BCUT2D eigenvalue weighted by molar-refractivity contribution is 5.75. The van der Waals surface area contributed by atoms with Gasteiger partial charge in [-0.15, -0.1) is 0 Å². The van der Waals surface area contributed by atoms with Gasteiger partial charge in [-0.25, -0.2) is 0 Å². The molecule has 0 aromatic heterocycles. The van der Waals surface area contributed by atoms with Crippen LogP contribution in [-0.2, 0) is 43.5 Å². The molecule has 0 spiro atoms. The van der Waals surface area contributed by atoms with Crippen molar-refractivity contribution in [1.82, 2.24) is 0 Å². The van der Waals surface area contributed by atoms with Crippen LogP contribution >= 0.6 is 0 Å². The summed E-state index contributed by atoms with van der Waals surface area (Å²) in [5, 5.41) is 0.